The smallest absolute Gasteiger partial charge is 0.345 e. The van der Waals surface area contributed by atoms with Gasteiger partial charge in [0.1, 0.15) is 17.7 Å². The third-order valence-corrected chi connectivity index (χ3v) is 4.23. The number of hydrogen-bond donors (Lipinski definition) is 1. The highest BCUT2D eigenvalue weighted by molar-refractivity contribution is 5.96. The Hall–Kier alpha value is -3.04. The topological polar surface area (TPSA) is 127 Å². The molecule has 0 bridgehead atoms. The maximum absolute atomic E-state index is 12.0. The highest BCUT2D eigenvalue weighted by Gasteiger charge is 2.33. The minimum Gasteiger partial charge on any atom is -0.465 e. The number of hydrogen-bond acceptors (Lipinski definition) is 8. The van der Waals surface area contributed by atoms with E-state index in [4.69, 9.17) is 4.74 Å². The molecule has 1 saturated heterocycles. The lowest BCUT2D eigenvalue weighted by atomic mass is 9.97. The van der Waals surface area contributed by atoms with Gasteiger partial charge in [0.2, 0.25) is 5.82 Å². The van der Waals surface area contributed by atoms with Gasteiger partial charge in [0.15, 0.2) is 0 Å². The number of esters is 1. The maximum atomic E-state index is 12.0. The number of aromatic amines is 1. The minimum atomic E-state index is -0.748. The fraction of sp³-hybridized carbons (Fsp3) is 0.467. The summed E-state index contributed by atoms with van der Waals surface area (Å²) >= 11 is 0. The molecule has 25 heavy (non-hydrogen) atoms. The molecule has 0 aliphatic carbocycles. The van der Waals surface area contributed by atoms with E-state index in [1.54, 1.807) is 6.92 Å². The normalized spacial score (nSPS) is 17.4. The van der Waals surface area contributed by atoms with Crippen LogP contribution in [-0.2, 0) is 4.74 Å². The van der Waals surface area contributed by atoms with Crippen molar-refractivity contribution in [3.63, 3.8) is 0 Å². The van der Waals surface area contributed by atoms with Crippen LogP contribution in [0.3, 0.4) is 0 Å². The number of anilines is 1. The maximum Gasteiger partial charge on any atom is 0.345 e. The summed E-state index contributed by atoms with van der Waals surface area (Å²) in [6.07, 6.45) is 3.16. The standard InChI is InChI=1S/C15H18N6O4/c1-9-6-11(15(22)25-2)12(21(23)24)14(18-9)20-5-3-4-10(7-20)13-16-8-17-19-13/h6,8,10H,3-5,7H2,1-2H3,(H,16,17,19). The number of nitro groups is 1. The fourth-order valence-electron chi connectivity index (χ4n) is 3.12. The molecule has 1 aliphatic heterocycles. The average molecular weight is 346 g/mol. The van der Waals surface area contributed by atoms with Crippen molar-refractivity contribution in [3.8, 4) is 0 Å². The van der Waals surface area contributed by atoms with Crippen LogP contribution < -0.4 is 4.90 Å². The zero-order valence-corrected chi connectivity index (χ0v) is 13.9. The number of H-pyrrole nitrogens is 1. The lowest BCUT2D eigenvalue weighted by Gasteiger charge is -2.32. The van der Waals surface area contributed by atoms with Gasteiger partial charge in [0, 0.05) is 24.7 Å². The van der Waals surface area contributed by atoms with Gasteiger partial charge >= 0.3 is 11.7 Å². The van der Waals surface area contributed by atoms with E-state index in [1.165, 1.54) is 19.5 Å². The molecule has 10 nitrogen and oxygen atoms in total. The number of rotatable bonds is 4. The molecule has 0 aromatic carbocycles. The van der Waals surface area contributed by atoms with E-state index in [0.717, 1.165) is 18.7 Å². The molecule has 0 amide bonds. The number of carbonyl (C=O) groups is 1. The van der Waals surface area contributed by atoms with Crippen molar-refractivity contribution in [3.05, 3.63) is 39.6 Å². The van der Waals surface area contributed by atoms with Crippen molar-refractivity contribution in [2.75, 3.05) is 25.1 Å². The van der Waals surface area contributed by atoms with Crippen molar-refractivity contribution in [2.45, 2.75) is 25.7 Å². The van der Waals surface area contributed by atoms with Gasteiger partial charge in [-0.25, -0.2) is 14.8 Å². The van der Waals surface area contributed by atoms with E-state index in [0.29, 0.717) is 18.8 Å². The zero-order valence-electron chi connectivity index (χ0n) is 13.9. The van der Waals surface area contributed by atoms with Gasteiger partial charge in [-0.1, -0.05) is 0 Å². The number of carbonyl (C=O) groups excluding carboxylic acids is 1. The number of aromatic nitrogens is 4. The molecular weight excluding hydrogens is 328 g/mol. The Labute approximate surface area is 143 Å². The summed E-state index contributed by atoms with van der Waals surface area (Å²) in [5, 5.41) is 18.3. The van der Waals surface area contributed by atoms with Crippen molar-refractivity contribution < 1.29 is 14.5 Å². The van der Waals surface area contributed by atoms with Gasteiger partial charge < -0.3 is 9.64 Å². The number of nitrogens with one attached hydrogen (secondary N) is 1. The predicted octanol–water partition coefficient (Wildman–Crippen LogP) is 1.59. The number of aryl methyl sites for hydroxylation is 1. The van der Waals surface area contributed by atoms with Crippen LogP contribution in [0.5, 0.6) is 0 Å². The number of piperidine rings is 1. The van der Waals surface area contributed by atoms with E-state index in [-0.39, 0.29) is 23.0 Å². The van der Waals surface area contributed by atoms with Crippen LogP contribution in [-0.4, -0.2) is 51.3 Å². The predicted molar refractivity (Wildman–Crippen MR) is 87.5 cm³/mol. The molecule has 0 radical (unpaired) electrons. The summed E-state index contributed by atoms with van der Waals surface area (Å²) in [6.45, 7) is 2.81. The minimum absolute atomic E-state index is 0.0692. The summed E-state index contributed by atoms with van der Waals surface area (Å²) in [4.78, 5) is 33.4. The summed E-state index contributed by atoms with van der Waals surface area (Å²) < 4.78 is 4.69. The molecule has 0 saturated carbocycles. The first-order valence-electron chi connectivity index (χ1n) is 7.85. The highest BCUT2D eigenvalue weighted by Crippen LogP contribution is 2.35. The fourth-order valence-corrected chi connectivity index (χ4v) is 3.12. The zero-order chi connectivity index (χ0) is 18.0. The van der Waals surface area contributed by atoms with Crippen LogP contribution in [0.4, 0.5) is 11.5 Å². The van der Waals surface area contributed by atoms with Gasteiger partial charge in [-0.15, -0.1) is 0 Å². The first-order valence-corrected chi connectivity index (χ1v) is 7.85. The van der Waals surface area contributed by atoms with Gasteiger partial charge in [-0.3, -0.25) is 15.2 Å². The lowest BCUT2D eigenvalue weighted by molar-refractivity contribution is -0.384. The largest absolute Gasteiger partial charge is 0.465 e. The Bertz CT molecular complexity index is 792. The van der Waals surface area contributed by atoms with E-state index >= 15 is 0 Å². The van der Waals surface area contributed by atoms with Crippen LogP contribution in [0.1, 0.15) is 40.6 Å². The summed E-state index contributed by atoms with van der Waals surface area (Å²) in [6, 6.07) is 1.38. The molecule has 2 aromatic heterocycles. The van der Waals surface area contributed by atoms with Crippen molar-refractivity contribution >= 4 is 17.5 Å². The first kappa shape index (κ1) is 16.8. The second-order valence-corrected chi connectivity index (χ2v) is 5.89. The summed E-state index contributed by atoms with van der Waals surface area (Å²) in [5.41, 5.74) is 0.107. The van der Waals surface area contributed by atoms with Crippen LogP contribution in [0, 0.1) is 17.0 Å². The molecule has 2 aromatic rings. The van der Waals surface area contributed by atoms with Gasteiger partial charge in [0.05, 0.1) is 12.0 Å². The highest BCUT2D eigenvalue weighted by atomic mass is 16.6. The SMILES string of the molecule is COC(=O)c1cc(C)nc(N2CCCC(c3ncn[nH]3)C2)c1[N+](=O)[O-]. The quantitative estimate of drug-likeness (QED) is 0.502. The molecule has 1 N–H and O–H groups in total. The third-order valence-electron chi connectivity index (χ3n) is 4.23. The number of ether oxygens (including phenoxy) is 1. The number of nitrogens with zero attached hydrogens (tertiary/aromatic N) is 5. The van der Waals surface area contributed by atoms with E-state index < -0.39 is 10.9 Å². The van der Waals surface area contributed by atoms with Gasteiger partial charge in [-0.2, -0.15) is 5.10 Å². The van der Waals surface area contributed by atoms with Crippen LogP contribution in [0.25, 0.3) is 0 Å². The Morgan fingerprint density at radius 3 is 2.96 bits per heavy atom. The van der Waals surface area contributed by atoms with Crippen molar-refractivity contribution in [2.24, 2.45) is 0 Å². The van der Waals surface area contributed by atoms with E-state index in [1.807, 2.05) is 4.90 Å². The monoisotopic (exact) mass is 346 g/mol. The third kappa shape index (κ3) is 3.28. The molecule has 1 atom stereocenters. The van der Waals surface area contributed by atoms with Gasteiger partial charge in [-0.05, 0) is 25.8 Å². The van der Waals surface area contributed by atoms with E-state index in [2.05, 4.69) is 20.2 Å². The second kappa shape index (κ2) is 6.83. The Morgan fingerprint density at radius 1 is 1.52 bits per heavy atom. The molecule has 0 spiro atoms. The molecular formula is C15H18N6O4. The average Bonchev–Trinajstić information content (AvgIpc) is 3.14. The molecule has 1 aliphatic rings. The van der Waals surface area contributed by atoms with Crippen molar-refractivity contribution in [1.82, 2.24) is 20.2 Å². The Kier molecular flexibility index (Phi) is 4.59. The molecule has 132 valence electrons. The summed E-state index contributed by atoms with van der Waals surface area (Å²) in [5.74, 6) is 0.254. The molecule has 3 heterocycles. The van der Waals surface area contributed by atoms with Gasteiger partial charge in [0.25, 0.3) is 0 Å². The summed E-state index contributed by atoms with van der Waals surface area (Å²) in [7, 11) is 1.20. The Balaban J connectivity index is 2.02. The van der Waals surface area contributed by atoms with Crippen LogP contribution in [0.15, 0.2) is 12.4 Å². The molecule has 1 fully saturated rings. The lowest BCUT2D eigenvalue weighted by Crippen LogP contribution is -2.36. The van der Waals surface area contributed by atoms with Crippen LogP contribution >= 0.6 is 0 Å². The molecule has 3 rings (SSSR count). The number of pyridine rings is 1. The molecule has 1 unspecified atom stereocenters. The Morgan fingerprint density at radius 2 is 2.32 bits per heavy atom. The van der Waals surface area contributed by atoms with Crippen molar-refractivity contribution in [1.29, 1.82) is 0 Å². The molecule has 10 heteroatoms. The second-order valence-electron chi connectivity index (χ2n) is 5.89. The first-order chi connectivity index (χ1) is 12.0. The van der Waals surface area contributed by atoms with Crippen LogP contribution in [0.2, 0.25) is 0 Å². The van der Waals surface area contributed by atoms with E-state index in [9.17, 15) is 14.9 Å². The number of methoxy groups -OCH3 is 1.